The number of phenols is 1. The van der Waals surface area contributed by atoms with Crippen molar-refractivity contribution in [1.29, 1.82) is 0 Å². The van der Waals surface area contributed by atoms with E-state index in [2.05, 4.69) is 22.9 Å². The second-order valence-electron chi connectivity index (χ2n) is 4.27. The molecule has 0 fully saturated rings. The van der Waals surface area contributed by atoms with E-state index >= 15 is 0 Å². The minimum absolute atomic E-state index is 0.119. The summed E-state index contributed by atoms with van der Waals surface area (Å²) in [5, 5.41) is 10.2. The molecule has 0 aromatic heterocycles. The maximum absolute atomic E-state index is 12.1. The molecule has 100 valence electrons. The molecule has 1 aromatic carbocycles. The highest BCUT2D eigenvalue weighted by atomic mass is 79.9. The van der Waals surface area contributed by atoms with Crippen LogP contribution < -0.4 is 0 Å². The summed E-state index contributed by atoms with van der Waals surface area (Å²) in [4.78, 5) is 14.0. The first kappa shape index (κ1) is 15.0. The summed E-state index contributed by atoms with van der Waals surface area (Å²) in [6.45, 7) is 3.66. The van der Waals surface area contributed by atoms with Gasteiger partial charge in [-0.2, -0.15) is 0 Å². The zero-order valence-corrected chi connectivity index (χ0v) is 12.3. The smallest absolute Gasteiger partial charge is 0.227 e. The van der Waals surface area contributed by atoms with Crippen LogP contribution in [0.1, 0.15) is 25.3 Å². The van der Waals surface area contributed by atoms with Crippen LogP contribution in [0.5, 0.6) is 5.75 Å². The summed E-state index contributed by atoms with van der Waals surface area (Å²) >= 11 is 3.37. The van der Waals surface area contributed by atoms with Crippen LogP contribution in [-0.2, 0) is 11.2 Å². The van der Waals surface area contributed by atoms with Crippen LogP contribution >= 0.6 is 15.9 Å². The third-order valence-electron chi connectivity index (χ3n) is 2.75. The Kier molecular flexibility index (Phi) is 6.80. The van der Waals surface area contributed by atoms with Crippen molar-refractivity contribution in [2.75, 3.05) is 18.4 Å². The second-order valence-corrected chi connectivity index (χ2v) is 5.06. The van der Waals surface area contributed by atoms with Gasteiger partial charge in [0.1, 0.15) is 5.75 Å². The Labute approximate surface area is 117 Å². The van der Waals surface area contributed by atoms with Gasteiger partial charge >= 0.3 is 0 Å². The van der Waals surface area contributed by atoms with Gasteiger partial charge in [-0.3, -0.25) is 4.79 Å². The fourth-order valence-electron chi connectivity index (χ4n) is 1.77. The molecule has 0 atom stereocenters. The number of carbonyl (C=O) groups excluding carboxylic acids is 1. The van der Waals surface area contributed by atoms with E-state index < -0.39 is 0 Å². The largest absolute Gasteiger partial charge is 0.508 e. The van der Waals surface area contributed by atoms with Gasteiger partial charge in [0.15, 0.2) is 0 Å². The number of phenolic OH excluding ortho intramolecular Hbond substituents is 1. The zero-order valence-electron chi connectivity index (χ0n) is 10.7. The van der Waals surface area contributed by atoms with Gasteiger partial charge < -0.3 is 10.0 Å². The lowest BCUT2D eigenvalue weighted by Crippen LogP contribution is -2.34. The first-order valence-corrected chi connectivity index (χ1v) is 7.41. The molecule has 1 aromatic rings. The van der Waals surface area contributed by atoms with E-state index in [4.69, 9.17) is 0 Å². The van der Waals surface area contributed by atoms with Gasteiger partial charge in [0.25, 0.3) is 0 Å². The monoisotopic (exact) mass is 313 g/mol. The molecule has 0 aliphatic heterocycles. The molecule has 0 bridgehead atoms. The fourth-order valence-corrected chi connectivity index (χ4v) is 2.19. The molecule has 1 rings (SSSR count). The van der Waals surface area contributed by atoms with E-state index in [1.54, 1.807) is 18.2 Å². The summed E-state index contributed by atoms with van der Waals surface area (Å²) in [6.07, 6.45) is 2.46. The summed E-state index contributed by atoms with van der Waals surface area (Å²) in [5.41, 5.74) is 0.857. The Morgan fingerprint density at radius 2 is 2.17 bits per heavy atom. The van der Waals surface area contributed by atoms with E-state index in [9.17, 15) is 9.90 Å². The van der Waals surface area contributed by atoms with Crippen LogP contribution in [0.15, 0.2) is 24.3 Å². The van der Waals surface area contributed by atoms with Gasteiger partial charge in [-0.05, 0) is 24.1 Å². The van der Waals surface area contributed by atoms with Gasteiger partial charge in [0.05, 0.1) is 6.42 Å². The van der Waals surface area contributed by atoms with Crippen molar-refractivity contribution in [2.45, 2.75) is 26.2 Å². The van der Waals surface area contributed by atoms with Gasteiger partial charge in [-0.25, -0.2) is 0 Å². The Morgan fingerprint density at radius 1 is 1.39 bits per heavy atom. The third kappa shape index (κ3) is 5.08. The first-order valence-electron chi connectivity index (χ1n) is 6.29. The van der Waals surface area contributed by atoms with Gasteiger partial charge in [0.2, 0.25) is 5.91 Å². The van der Waals surface area contributed by atoms with Crippen LogP contribution in [-0.4, -0.2) is 34.3 Å². The minimum Gasteiger partial charge on any atom is -0.508 e. The molecule has 0 saturated heterocycles. The Bertz CT molecular complexity index is 382. The minimum atomic E-state index is 0.119. The topological polar surface area (TPSA) is 40.5 Å². The predicted octanol–water partition coefficient (Wildman–Crippen LogP) is 2.96. The van der Waals surface area contributed by atoms with Crippen molar-refractivity contribution in [3.63, 3.8) is 0 Å². The average molecular weight is 314 g/mol. The van der Waals surface area contributed by atoms with Crippen LogP contribution in [0.3, 0.4) is 0 Å². The molecular weight excluding hydrogens is 294 g/mol. The SMILES string of the molecule is CCCCN(CCBr)C(=O)Cc1cccc(O)c1. The fraction of sp³-hybridized carbons (Fsp3) is 0.500. The molecule has 0 radical (unpaired) electrons. The van der Waals surface area contributed by atoms with Gasteiger partial charge in [0, 0.05) is 18.4 Å². The maximum Gasteiger partial charge on any atom is 0.227 e. The number of nitrogens with zero attached hydrogens (tertiary/aromatic N) is 1. The van der Waals surface area contributed by atoms with Crippen molar-refractivity contribution >= 4 is 21.8 Å². The Balaban J connectivity index is 2.60. The number of alkyl halides is 1. The number of benzene rings is 1. The quantitative estimate of drug-likeness (QED) is 0.786. The molecule has 3 nitrogen and oxygen atoms in total. The molecule has 1 amide bonds. The number of rotatable bonds is 7. The number of halogens is 1. The van der Waals surface area contributed by atoms with Crippen molar-refractivity contribution in [3.8, 4) is 5.75 Å². The summed E-state index contributed by atoms with van der Waals surface area (Å²) in [6, 6.07) is 6.88. The first-order chi connectivity index (χ1) is 8.67. The Hall–Kier alpha value is -1.03. The number of amides is 1. The van der Waals surface area contributed by atoms with Crippen LogP contribution in [0.2, 0.25) is 0 Å². The standard InChI is InChI=1S/C14H20BrNO2/c1-2-3-8-16(9-7-15)14(18)11-12-5-4-6-13(17)10-12/h4-6,10,17H,2-3,7-9,11H2,1H3. The number of hydrogen-bond donors (Lipinski definition) is 1. The lowest BCUT2D eigenvalue weighted by atomic mass is 10.1. The number of unbranched alkanes of at least 4 members (excludes halogenated alkanes) is 1. The molecule has 0 saturated carbocycles. The lowest BCUT2D eigenvalue weighted by molar-refractivity contribution is -0.130. The Morgan fingerprint density at radius 3 is 2.78 bits per heavy atom. The van der Waals surface area contributed by atoms with Crippen LogP contribution in [0.4, 0.5) is 0 Å². The highest BCUT2D eigenvalue weighted by Gasteiger charge is 2.12. The summed E-state index contributed by atoms with van der Waals surface area (Å²) in [5.74, 6) is 0.328. The molecule has 0 spiro atoms. The molecule has 0 heterocycles. The van der Waals surface area contributed by atoms with Gasteiger partial charge in [-0.1, -0.05) is 41.4 Å². The van der Waals surface area contributed by atoms with E-state index in [0.29, 0.717) is 6.42 Å². The lowest BCUT2D eigenvalue weighted by Gasteiger charge is -2.21. The summed E-state index contributed by atoms with van der Waals surface area (Å²) < 4.78 is 0. The third-order valence-corrected chi connectivity index (χ3v) is 3.11. The molecule has 0 aliphatic rings. The van der Waals surface area contributed by atoms with Crippen molar-refractivity contribution in [1.82, 2.24) is 4.90 Å². The molecule has 4 heteroatoms. The van der Waals surface area contributed by atoms with Crippen LogP contribution in [0, 0.1) is 0 Å². The highest BCUT2D eigenvalue weighted by molar-refractivity contribution is 9.09. The van der Waals surface area contributed by atoms with E-state index in [1.807, 2.05) is 11.0 Å². The number of hydrogen-bond acceptors (Lipinski definition) is 2. The van der Waals surface area contributed by atoms with E-state index in [-0.39, 0.29) is 11.7 Å². The van der Waals surface area contributed by atoms with E-state index in [0.717, 1.165) is 36.8 Å². The van der Waals surface area contributed by atoms with Gasteiger partial charge in [-0.15, -0.1) is 0 Å². The van der Waals surface area contributed by atoms with Crippen molar-refractivity contribution in [2.24, 2.45) is 0 Å². The van der Waals surface area contributed by atoms with Crippen molar-refractivity contribution < 1.29 is 9.90 Å². The van der Waals surface area contributed by atoms with Crippen LogP contribution in [0.25, 0.3) is 0 Å². The zero-order chi connectivity index (χ0) is 13.4. The normalized spacial score (nSPS) is 10.3. The predicted molar refractivity (Wildman–Crippen MR) is 77.1 cm³/mol. The molecule has 0 aliphatic carbocycles. The maximum atomic E-state index is 12.1. The second kappa shape index (κ2) is 8.14. The molecule has 1 N–H and O–H groups in total. The number of carbonyl (C=O) groups is 1. The molecular formula is C14H20BrNO2. The average Bonchev–Trinajstić information content (AvgIpc) is 2.34. The van der Waals surface area contributed by atoms with E-state index in [1.165, 1.54) is 0 Å². The molecule has 0 unspecified atom stereocenters. The number of aromatic hydroxyl groups is 1. The molecule has 18 heavy (non-hydrogen) atoms. The van der Waals surface area contributed by atoms with Crippen molar-refractivity contribution in [3.05, 3.63) is 29.8 Å². The summed E-state index contributed by atoms with van der Waals surface area (Å²) in [7, 11) is 0. The highest BCUT2D eigenvalue weighted by Crippen LogP contribution is 2.12.